The van der Waals surface area contributed by atoms with Gasteiger partial charge in [0.2, 0.25) is 0 Å². The molecule has 2 amide bonds. The van der Waals surface area contributed by atoms with Crippen LogP contribution >= 0.6 is 0 Å². The van der Waals surface area contributed by atoms with Crippen molar-refractivity contribution in [3.63, 3.8) is 0 Å². The van der Waals surface area contributed by atoms with Gasteiger partial charge in [-0.15, -0.1) is 0 Å². The summed E-state index contributed by atoms with van der Waals surface area (Å²) in [6.07, 6.45) is 7.13. The molecule has 3 heterocycles. The number of carboxylic acid groups (broad SMARTS) is 1. The molecule has 2 atom stereocenters. The number of fused-ring (bicyclic) bond motifs is 6. The lowest BCUT2D eigenvalue weighted by Crippen LogP contribution is -2.43. The van der Waals surface area contributed by atoms with E-state index in [1.807, 2.05) is 0 Å². The van der Waals surface area contributed by atoms with Crippen LogP contribution in [-0.4, -0.2) is 57.6 Å². The molecule has 2 aromatic heterocycles. The summed E-state index contributed by atoms with van der Waals surface area (Å²) in [6, 6.07) is 7.37. The van der Waals surface area contributed by atoms with Gasteiger partial charge in [0.25, 0.3) is 12.6 Å². The number of ether oxygens (including phenoxy) is 1. The van der Waals surface area contributed by atoms with Gasteiger partial charge in [-0.1, -0.05) is 0 Å². The molecule has 0 radical (unpaired) electrons. The van der Waals surface area contributed by atoms with E-state index in [1.54, 1.807) is 40.2 Å². The second-order valence-corrected chi connectivity index (χ2v) is 8.28. The fourth-order valence-corrected chi connectivity index (χ4v) is 4.66. The monoisotopic (exact) mass is 448 g/mol. The molecule has 3 aromatic rings. The highest BCUT2D eigenvalue weighted by Crippen LogP contribution is 2.46. The van der Waals surface area contributed by atoms with Crippen molar-refractivity contribution in [3.05, 3.63) is 65.7 Å². The molecule has 2 unspecified atom stereocenters. The Labute approximate surface area is 188 Å². The predicted octanol–water partition coefficient (Wildman–Crippen LogP) is 1.41. The number of pyridine rings is 1. The van der Waals surface area contributed by atoms with E-state index in [9.17, 15) is 14.4 Å². The Balaban J connectivity index is 1.23. The summed E-state index contributed by atoms with van der Waals surface area (Å²) in [7, 11) is 0. The normalized spacial score (nSPS) is 18.6. The second-order valence-electron chi connectivity index (χ2n) is 8.28. The zero-order chi connectivity index (χ0) is 22.9. The smallest absolute Gasteiger partial charge is 0.414 e. The van der Waals surface area contributed by atoms with Crippen LogP contribution in [0.2, 0.25) is 0 Å². The van der Waals surface area contributed by atoms with Crippen LogP contribution in [0.3, 0.4) is 0 Å². The maximum atomic E-state index is 12.8. The Morgan fingerprint density at radius 1 is 1.12 bits per heavy atom. The number of carboxylic acids is 1. The average Bonchev–Trinajstić information content (AvgIpc) is 3.08. The van der Waals surface area contributed by atoms with E-state index in [4.69, 9.17) is 9.84 Å². The molecule has 2 aliphatic rings. The van der Waals surface area contributed by atoms with Crippen LogP contribution in [0.5, 0.6) is 0 Å². The number of aromatic nitrogens is 3. The van der Waals surface area contributed by atoms with Crippen molar-refractivity contribution in [1.29, 1.82) is 0 Å². The molecule has 2 N–H and O–H groups in total. The summed E-state index contributed by atoms with van der Waals surface area (Å²) < 4.78 is 7.06. The van der Waals surface area contributed by atoms with E-state index in [0.29, 0.717) is 13.1 Å². The molecule has 0 spiro atoms. The lowest BCUT2D eigenvalue weighted by atomic mass is 9.96. The van der Waals surface area contributed by atoms with Gasteiger partial charge in [-0.25, -0.2) is 4.79 Å². The number of amides is 2. The third-order valence-electron chi connectivity index (χ3n) is 6.12. The van der Waals surface area contributed by atoms with Crippen molar-refractivity contribution in [3.8, 4) is 0 Å². The molecular formula is C23H22N5O5+. The van der Waals surface area contributed by atoms with Gasteiger partial charge in [0.05, 0.1) is 11.0 Å². The van der Waals surface area contributed by atoms with Crippen molar-refractivity contribution in [2.75, 3.05) is 19.6 Å². The molecule has 10 nitrogen and oxygen atoms in total. The van der Waals surface area contributed by atoms with Gasteiger partial charge in [0.15, 0.2) is 12.4 Å². The quantitative estimate of drug-likeness (QED) is 0.565. The van der Waals surface area contributed by atoms with Crippen molar-refractivity contribution in [1.82, 2.24) is 20.2 Å². The van der Waals surface area contributed by atoms with Crippen LogP contribution in [0, 0.1) is 0 Å². The molecule has 1 aliphatic carbocycles. The third kappa shape index (κ3) is 4.19. The van der Waals surface area contributed by atoms with Crippen LogP contribution in [0.4, 0.5) is 4.79 Å². The zero-order valence-corrected chi connectivity index (χ0v) is 17.7. The van der Waals surface area contributed by atoms with Gasteiger partial charge >= 0.3 is 12.1 Å². The van der Waals surface area contributed by atoms with Crippen molar-refractivity contribution >= 4 is 29.0 Å². The summed E-state index contributed by atoms with van der Waals surface area (Å²) >= 11 is 0. The number of likely N-dealkylation sites (tertiary alicyclic amines) is 1. The highest BCUT2D eigenvalue weighted by atomic mass is 16.6. The predicted molar refractivity (Wildman–Crippen MR) is 114 cm³/mol. The fraction of sp³-hybridized carbons (Fsp3) is 0.304. The molecular weight excluding hydrogens is 426 g/mol. The van der Waals surface area contributed by atoms with Crippen LogP contribution in [0.25, 0.3) is 11.0 Å². The minimum absolute atomic E-state index is 0.0601. The molecule has 168 valence electrons. The largest absolute Gasteiger partial charge is 0.480 e. The molecule has 1 aliphatic heterocycles. The molecule has 1 fully saturated rings. The molecule has 1 aromatic carbocycles. The lowest BCUT2D eigenvalue weighted by molar-refractivity contribution is -0.727. The number of benzene rings is 1. The van der Waals surface area contributed by atoms with E-state index >= 15 is 0 Å². The average molecular weight is 448 g/mol. The third-order valence-corrected chi connectivity index (χ3v) is 6.12. The van der Waals surface area contributed by atoms with Crippen molar-refractivity contribution < 1.29 is 28.8 Å². The van der Waals surface area contributed by atoms with Gasteiger partial charge in [0.1, 0.15) is 12.1 Å². The van der Waals surface area contributed by atoms with Gasteiger partial charge in [-0.3, -0.25) is 19.6 Å². The number of hydrogen-bond acceptors (Lipinski definition) is 6. The number of carbonyl (C=O) groups is 3. The molecule has 2 bridgehead atoms. The first kappa shape index (κ1) is 20.8. The summed E-state index contributed by atoms with van der Waals surface area (Å²) in [5.74, 6) is -1.16. The SMILES string of the molecule is O=C(O)CNC(=O)c1ccc[n+](COC(=O)N2CC3CC(C2)c2cc4nccnc4cc23)c1. The van der Waals surface area contributed by atoms with Crippen LogP contribution < -0.4 is 9.88 Å². The van der Waals surface area contributed by atoms with Crippen LogP contribution in [0.15, 0.2) is 49.1 Å². The Kier molecular flexibility index (Phi) is 5.33. The van der Waals surface area contributed by atoms with E-state index in [1.165, 1.54) is 17.3 Å². The number of hydrogen-bond donors (Lipinski definition) is 2. The van der Waals surface area contributed by atoms with Gasteiger partial charge < -0.3 is 20.1 Å². The molecule has 0 saturated carbocycles. The molecule has 10 heteroatoms. The summed E-state index contributed by atoms with van der Waals surface area (Å²) in [5.41, 5.74) is 4.47. The molecule has 5 rings (SSSR count). The first-order valence-corrected chi connectivity index (χ1v) is 10.6. The standard InChI is InChI=1S/C23H21N5O5/c29-21(30)9-26-22(31)14-2-1-5-27(10-14)13-33-23(32)28-11-15-6-16(12-28)18-8-20-19(7-17(15)18)24-3-4-25-20/h1-5,7-8,10,15-16H,6,9,11-13H2,(H-,26,29,30,31)/p+1. The van der Waals surface area contributed by atoms with E-state index < -0.39 is 24.5 Å². The number of nitrogens with zero attached hydrogens (tertiary/aromatic N) is 4. The number of aliphatic carboxylic acids is 1. The van der Waals surface area contributed by atoms with Gasteiger partial charge in [0, 0.05) is 43.4 Å². The lowest BCUT2D eigenvalue weighted by Gasteiger charge is -2.30. The Morgan fingerprint density at radius 3 is 2.42 bits per heavy atom. The van der Waals surface area contributed by atoms with Crippen LogP contribution in [-0.2, 0) is 16.3 Å². The Morgan fingerprint density at radius 2 is 1.79 bits per heavy atom. The number of piperidine rings is 1. The zero-order valence-electron chi connectivity index (χ0n) is 17.7. The van der Waals surface area contributed by atoms with Gasteiger partial charge in [-0.2, -0.15) is 4.57 Å². The van der Waals surface area contributed by atoms with Crippen molar-refractivity contribution in [2.45, 2.75) is 25.0 Å². The topological polar surface area (TPSA) is 126 Å². The fourth-order valence-electron chi connectivity index (χ4n) is 4.66. The summed E-state index contributed by atoms with van der Waals surface area (Å²) in [6.45, 7) is 0.631. The highest BCUT2D eigenvalue weighted by molar-refractivity contribution is 5.95. The minimum atomic E-state index is -1.13. The first-order chi connectivity index (χ1) is 16.0. The number of carbonyl (C=O) groups excluding carboxylic acids is 2. The maximum Gasteiger partial charge on any atom is 0.414 e. The van der Waals surface area contributed by atoms with E-state index in [2.05, 4.69) is 27.4 Å². The number of nitrogens with one attached hydrogen (secondary N) is 1. The van der Waals surface area contributed by atoms with Crippen molar-refractivity contribution in [2.24, 2.45) is 0 Å². The van der Waals surface area contributed by atoms with Gasteiger partial charge in [-0.05, 0) is 35.7 Å². The molecule has 33 heavy (non-hydrogen) atoms. The Hall–Kier alpha value is -4.08. The second kappa shape index (κ2) is 8.45. The maximum absolute atomic E-state index is 12.8. The minimum Gasteiger partial charge on any atom is -0.480 e. The Bertz CT molecular complexity index is 1210. The number of rotatable bonds is 5. The van der Waals surface area contributed by atoms with E-state index in [-0.39, 0.29) is 24.1 Å². The highest BCUT2D eigenvalue weighted by Gasteiger charge is 2.40. The first-order valence-electron chi connectivity index (χ1n) is 10.6. The van der Waals surface area contributed by atoms with E-state index in [0.717, 1.165) is 17.5 Å². The summed E-state index contributed by atoms with van der Waals surface area (Å²) in [4.78, 5) is 46.0. The summed E-state index contributed by atoms with van der Waals surface area (Å²) in [5, 5.41) is 11.0. The molecule has 1 saturated heterocycles. The van der Waals surface area contributed by atoms with Crippen LogP contribution in [0.1, 0.15) is 39.7 Å².